The van der Waals surface area contributed by atoms with Crippen LogP contribution in [0.15, 0.2) is 60.7 Å². The number of halogens is 1. The average Bonchev–Trinajstić information content (AvgIpc) is 2.58. The van der Waals surface area contributed by atoms with Crippen LogP contribution in [-0.4, -0.2) is 30.5 Å². The smallest absolute Gasteiger partial charge is 0.260 e. The zero-order valence-electron chi connectivity index (χ0n) is 13.1. The van der Waals surface area contributed by atoms with Gasteiger partial charge in [0.15, 0.2) is 6.61 Å². The summed E-state index contributed by atoms with van der Waals surface area (Å²) in [4.78, 5) is 14.2. The predicted molar refractivity (Wildman–Crippen MR) is 94.7 cm³/mol. The average molecular weight is 335 g/mol. The van der Waals surface area contributed by atoms with Crippen LogP contribution in [0.5, 0.6) is 5.75 Å². The van der Waals surface area contributed by atoms with Crippen molar-refractivity contribution in [3.8, 4) is 5.75 Å². The third-order valence-electron chi connectivity index (χ3n) is 3.31. The molecular formula is C18H23ClN2O2. The van der Waals surface area contributed by atoms with Crippen LogP contribution in [0.25, 0.3) is 0 Å². The Balaban J connectivity index is 0.00000264. The van der Waals surface area contributed by atoms with Gasteiger partial charge in [-0.15, -0.1) is 12.4 Å². The molecule has 2 aromatic carbocycles. The Kier molecular flexibility index (Phi) is 8.80. The van der Waals surface area contributed by atoms with Crippen molar-refractivity contribution >= 4 is 18.3 Å². The first kappa shape index (κ1) is 19.0. The highest BCUT2D eigenvalue weighted by molar-refractivity contribution is 5.85. The van der Waals surface area contributed by atoms with Gasteiger partial charge in [-0.25, -0.2) is 0 Å². The van der Waals surface area contributed by atoms with Gasteiger partial charge in [-0.2, -0.15) is 0 Å². The van der Waals surface area contributed by atoms with Gasteiger partial charge >= 0.3 is 0 Å². The number of ether oxygens (including phenoxy) is 1. The van der Waals surface area contributed by atoms with Gasteiger partial charge in [0.05, 0.1) is 0 Å². The molecule has 124 valence electrons. The summed E-state index contributed by atoms with van der Waals surface area (Å²) >= 11 is 0. The fourth-order valence-electron chi connectivity index (χ4n) is 2.13. The molecular weight excluding hydrogens is 312 g/mol. The van der Waals surface area contributed by atoms with Gasteiger partial charge in [-0.3, -0.25) is 4.79 Å². The minimum atomic E-state index is -0.0267. The van der Waals surface area contributed by atoms with Crippen molar-refractivity contribution in [2.75, 3.05) is 19.7 Å². The van der Waals surface area contributed by atoms with Crippen LogP contribution < -0.4 is 10.5 Å². The third-order valence-corrected chi connectivity index (χ3v) is 3.31. The Labute approximate surface area is 143 Å². The molecule has 2 aromatic rings. The Morgan fingerprint density at radius 3 is 2.22 bits per heavy atom. The van der Waals surface area contributed by atoms with Crippen molar-refractivity contribution in [3.05, 3.63) is 66.2 Å². The Morgan fingerprint density at radius 1 is 1.00 bits per heavy atom. The van der Waals surface area contributed by atoms with E-state index in [1.165, 1.54) is 0 Å². The summed E-state index contributed by atoms with van der Waals surface area (Å²) in [5, 5.41) is 0. The molecule has 0 atom stereocenters. The number of nitrogens with zero attached hydrogens (tertiary/aromatic N) is 1. The summed E-state index contributed by atoms with van der Waals surface area (Å²) in [7, 11) is 0. The first-order valence-corrected chi connectivity index (χ1v) is 7.49. The second kappa shape index (κ2) is 10.6. The molecule has 0 aliphatic rings. The number of para-hydroxylation sites is 1. The Bertz CT molecular complexity index is 564. The standard InChI is InChI=1S/C18H22N2O2.ClH/c19-12-7-13-20(14-16-8-3-1-4-9-16)18(21)15-22-17-10-5-2-6-11-17;/h1-6,8-11H,7,12-15,19H2;1H. The molecule has 0 heterocycles. The quantitative estimate of drug-likeness (QED) is 0.807. The van der Waals surface area contributed by atoms with Gasteiger partial charge in [0.2, 0.25) is 0 Å². The van der Waals surface area contributed by atoms with Crippen LogP contribution in [-0.2, 0) is 11.3 Å². The lowest BCUT2D eigenvalue weighted by molar-refractivity contribution is -0.134. The topological polar surface area (TPSA) is 55.6 Å². The fraction of sp³-hybridized carbons (Fsp3) is 0.278. The molecule has 0 saturated heterocycles. The number of benzene rings is 2. The summed E-state index contributed by atoms with van der Waals surface area (Å²) in [5.41, 5.74) is 6.67. The number of carbonyl (C=O) groups is 1. The molecule has 0 spiro atoms. The molecule has 0 fully saturated rings. The minimum Gasteiger partial charge on any atom is -0.484 e. The van der Waals surface area contributed by atoms with Gasteiger partial charge in [0.25, 0.3) is 5.91 Å². The molecule has 1 amide bonds. The van der Waals surface area contributed by atoms with Gasteiger partial charge < -0.3 is 15.4 Å². The molecule has 0 saturated carbocycles. The molecule has 4 nitrogen and oxygen atoms in total. The largest absolute Gasteiger partial charge is 0.484 e. The highest BCUT2D eigenvalue weighted by Gasteiger charge is 2.14. The van der Waals surface area contributed by atoms with E-state index in [9.17, 15) is 4.79 Å². The second-order valence-electron chi connectivity index (χ2n) is 5.04. The van der Waals surface area contributed by atoms with Crippen LogP contribution in [0.3, 0.4) is 0 Å². The van der Waals surface area contributed by atoms with Crippen molar-refractivity contribution in [1.82, 2.24) is 4.90 Å². The lowest BCUT2D eigenvalue weighted by atomic mass is 10.2. The number of amides is 1. The second-order valence-corrected chi connectivity index (χ2v) is 5.04. The molecule has 2 rings (SSSR count). The SMILES string of the molecule is Cl.NCCCN(Cc1ccccc1)C(=O)COc1ccccc1. The first-order chi connectivity index (χ1) is 10.8. The molecule has 5 heteroatoms. The van der Waals surface area contributed by atoms with E-state index in [1.807, 2.05) is 60.7 Å². The molecule has 0 aromatic heterocycles. The third kappa shape index (κ3) is 6.72. The van der Waals surface area contributed by atoms with Crippen molar-refractivity contribution in [1.29, 1.82) is 0 Å². The van der Waals surface area contributed by atoms with E-state index in [0.717, 1.165) is 12.0 Å². The summed E-state index contributed by atoms with van der Waals surface area (Å²) in [6.07, 6.45) is 0.782. The Hall–Kier alpha value is -2.04. The lowest BCUT2D eigenvalue weighted by Crippen LogP contribution is -2.36. The van der Waals surface area contributed by atoms with Crippen LogP contribution in [0, 0.1) is 0 Å². The molecule has 2 N–H and O–H groups in total. The van der Waals surface area contributed by atoms with Gasteiger partial charge in [-0.05, 0) is 30.7 Å². The van der Waals surface area contributed by atoms with Crippen molar-refractivity contribution in [2.45, 2.75) is 13.0 Å². The maximum absolute atomic E-state index is 12.4. The number of hydrogen-bond acceptors (Lipinski definition) is 3. The first-order valence-electron chi connectivity index (χ1n) is 7.49. The van der Waals surface area contributed by atoms with E-state index in [4.69, 9.17) is 10.5 Å². The zero-order valence-corrected chi connectivity index (χ0v) is 13.9. The maximum atomic E-state index is 12.4. The van der Waals surface area contributed by atoms with E-state index < -0.39 is 0 Å². The number of carbonyl (C=O) groups excluding carboxylic acids is 1. The highest BCUT2D eigenvalue weighted by atomic mass is 35.5. The molecule has 0 radical (unpaired) electrons. The van der Waals surface area contributed by atoms with E-state index in [-0.39, 0.29) is 24.9 Å². The van der Waals surface area contributed by atoms with E-state index >= 15 is 0 Å². The lowest BCUT2D eigenvalue weighted by Gasteiger charge is -2.22. The maximum Gasteiger partial charge on any atom is 0.260 e. The zero-order chi connectivity index (χ0) is 15.6. The minimum absolute atomic E-state index is 0. The van der Waals surface area contributed by atoms with Crippen molar-refractivity contribution < 1.29 is 9.53 Å². The number of nitrogens with two attached hydrogens (primary N) is 1. The number of rotatable bonds is 8. The van der Waals surface area contributed by atoms with Crippen molar-refractivity contribution in [3.63, 3.8) is 0 Å². The van der Waals surface area contributed by atoms with Crippen LogP contribution >= 0.6 is 12.4 Å². The van der Waals surface area contributed by atoms with Gasteiger partial charge in [0, 0.05) is 13.1 Å². The normalized spacial score (nSPS) is 9.78. The van der Waals surface area contributed by atoms with Gasteiger partial charge in [0.1, 0.15) is 5.75 Å². The number of hydrogen-bond donors (Lipinski definition) is 1. The van der Waals surface area contributed by atoms with E-state index in [1.54, 1.807) is 4.90 Å². The summed E-state index contributed by atoms with van der Waals surface area (Å²) < 4.78 is 5.54. The predicted octanol–water partition coefficient (Wildman–Crippen LogP) is 2.86. The highest BCUT2D eigenvalue weighted by Crippen LogP contribution is 2.10. The molecule has 0 unspecified atom stereocenters. The van der Waals surface area contributed by atoms with E-state index in [2.05, 4.69) is 0 Å². The van der Waals surface area contributed by atoms with Crippen LogP contribution in [0.4, 0.5) is 0 Å². The van der Waals surface area contributed by atoms with Crippen LogP contribution in [0.1, 0.15) is 12.0 Å². The fourth-order valence-corrected chi connectivity index (χ4v) is 2.13. The molecule has 0 bridgehead atoms. The Morgan fingerprint density at radius 2 is 1.61 bits per heavy atom. The molecule has 0 aliphatic carbocycles. The van der Waals surface area contributed by atoms with Crippen LogP contribution in [0.2, 0.25) is 0 Å². The molecule has 23 heavy (non-hydrogen) atoms. The summed E-state index contributed by atoms with van der Waals surface area (Å²) in [5.74, 6) is 0.676. The van der Waals surface area contributed by atoms with Crippen molar-refractivity contribution in [2.24, 2.45) is 5.73 Å². The monoisotopic (exact) mass is 334 g/mol. The summed E-state index contributed by atoms with van der Waals surface area (Å²) in [6.45, 7) is 1.83. The van der Waals surface area contributed by atoms with E-state index in [0.29, 0.717) is 25.4 Å². The summed E-state index contributed by atoms with van der Waals surface area (Å²) in [6, 6.07) is 19.3. The van der Waals surface area contributed by atoms with Gasteiger partial charge in [-0.1, -0.05) is 48.5 Å². The molecule has 0 aliphatic heterocycles.